The number of rotatable bonds is 5. The van der Waals surface area contributed by atoms with Crippen LogP contribution >= 0.6 is 27.5 Å². The predicted octanol–water partition coefficient (Wildman–Crippen LogP) is 4.48. The highest BCUT2D eigenvalue weighted by Crippen LogP contribution is 2.33. The van der Waals surface area contributed by atoms with Gasteiger partial charge in [0.1, 0.15) is 0 Å². The Labute approximate surface area is 171 Å². The van der Waals surface area contributed by atoms with Gasteiger partial charge >= 0.3 is 0 Å². The molecular weight excluding hydrogens is 428 g/mol. The van der Waals surface area contributed by atoms with Crippen LogP contribution in [-0.4, -0.2) is 28.2 Å². The molecule has 0 atom stereocenters. The first-order chi connectivity index (χ1) is 13.1. The van der Waals surface area contributed by atoms with Gasteiger partial charge in [-0.3, -0.25) is 0 Å². The second kappa shape index (κ2) is 8.10. The van der Waals surface area contributed by atoms with Crippen LogP contribution in [-0.2, 0) is 16.8 Å². The lowest BCUT2D eigenvalue weighted by molar-refractivity contribution is 0.0356. The third-order valence-electron chi connectivity index (χ3n) is 4.96. The summed E-state index contributed by atoms with van der Waals surface area (Å²) in [5.41, 5.74) is 2.98. The van der Waals surface area contributed by atoms with E-state index < -0.39 is 0 Å². The zero-order valence-electron chi connectivity index (χ0n) is 14.7. The molecule has 0 unspecified atom stereocenters. The summed E-state index contributed by atoms with van der Waals surface area (Å²) in [6.45, 7) is 2.13. The Hall–Kier alpha value is -1.73. The van der Waals surface area contributed by atoms with Crippen molar-refractivity contribution in [2.24, 2.45) is 0 Å². The van der Waals surface area contributed by atoms with Crippen LogP contribution in [0.4, 0.5) is 0 Å². The third kappa shape index (κ3) is 4.24. The lowest BCUT2D eigenvalue weighted by Gasteiger charge is -2.38. The van der Waals surface area contributed by atoms with Crippen molar-refractivity contribution in [1.82, 2.24) is 20.3 Å². The Balaban J connectivity index is 1.52. The molecule has 1 saturated heterocycles. The summed E-state index contributed by atoms with van der Waals surface area (Å²) in [6, 6.07) is 16.0. The molecule has 27 heavy (non-hydrogen) atoms. The van der Waals surface area contributed by atoms with E-state index in [1.165, 1.54) is 5.56 Å². The molecule has 4 rings (SSSR count). The van der Waals surface area contributed by atoms with Gasteiger partial charge in [0.15, 0.2) is 0 Å². The van der Waals surface area contributed by atoms with E-state index in [2.05, 4.69) is 49.8 Å². The summed E-state index contributed by atoms with van der Waals surface area (Å²) in [5.74, 6) is 0. The first kappa shape index (κ1) is 18.6. The van der Waals surface area contributed by atoms with Crippen LogP contribution < -0.4 is 5.32 Å². The Kier molecular flexibility index (Phi) is 5.59. The van der Waals surface area contributed by atoms with Crippen molar-refractivity contribution in [2.45, 2.75) is 24.9 Å². The summed E-state index contributed by atoms with van der Waals surface area (Å²) in [6.07, 6.45) is 3.80. The van der Waals surface area contributed by atoms with E-state index in [-0.39, 0.29) is 5.54 Å². The summed E-state index contributed by atoms with van der Waals surface area (Å²) < 4.78 is 8.46. The molecule has 1 aliphatic rings. The predicted molar refractivity (Wildman–Crippen MR) is 109 cm³/mol. The summed E-state index contributed by atoms with van der Waals surface area (Å²) >= 11 is 9.54. The zero-order chi connectivity index (χ0) is 18.7. The molecule has 7 heteroatoms. The largest absolute Gasteiger partial charge is 0.381 e. The van der Waals surface area contributed by atoms with Crippen LogP contribution in [0.1, 0.15) is 24.1 Å². The maximum atomic E-state index is 5.96. The first-order valence-electron chi connectivity index (χ1n) is 8.91. The molecule has 0 saturated carbocycles. The van der Waals surface area contributed by atoms with Crippen molar-refractivity contribution < 1.29 is 4.74 Å². The van der Waals surface area contributed by atoms with Crippen LogP contribution in [0, 0.1) is 0 Å². The van der Waals surface area contributed by atoms with E-state index >= 15 is 0 Å². The van der Waals surface area contributed by atoms with Gasteiger partial charge in [0.05, 0.1) is 17.6 Å². The average Bonchev–Trinajstić information content (AvgIpc) is 3.17. The Morgan fingerprint density at radius 2 is 1.93 bits per heavy atom. The van der Waals surface area contributed by atoms with Crippen LogP contribution in [0.2, 0.25) is 5.02 Å². The van der Waals surface area contributed by atoms with Crippen molar-refractivity contribution in [1.29, 1.82) is 0 Å². The molecule has 1 N–H and O–H groups in total. The highest BCUT2D eigenvalue weighted by atomic mass is 79.9. The highest BCUT2D eigenvalue weighted by Gasteiger charge is 2.34. The van der Waals surface area contributed by atoms with Crippen molar-refractivity contribution in [2.75, 3.05) is 13.2 Å². The fourth-order valence-electron chi connectivity index (χ4n) is 3.43. The number of hydrogen-bond donors (Lipinski definition) is 1. The molecule has 2 heterocycles. The van der Waals surface area contributed by atoms with Gasteiger partial charge in [0.25, 0.3) is 0 Å². The van der Waals surface area contributed by atoms with Gasteiger partial charge in [0.2, 0.25) is 0 Å². The van der Waals surface area contributed by atoms with Gasteiger partial charge < -0.3 is 10.1 Å². The third-order valence-corrected chi connectivity index (χ3v) is 5.71. The molecule has 3 aromatic rings. The second-order valence-electron chi connectivity index (χ2n) is 6.69. The van der Waals surface area contributed by atoms with Gasteiger partial charge in [-0.25, -0.2) is 4.68 Å². The van der Waals surface area contributed by atoms with Crippen LogP contribution in [0.5, 0.6) is 0 Å². The molecule has 2 aromatic carbocycles. The number of hydrogen-bond acceptors (Lipinski definition) is 4. The van der Waals surface area contributed by atoms with E-state index in [0.29, 0.717) is 11.6 Å². The molecule has 0 amide bonds. The van der Waals surface area contributed by atoms with Gasteiger partial charge in [0, 0.05) is 34.8 Å². The molecule has 1 aliphatic heterocycles. The number of benzene rings is 2. The van der Waals surface area contributed by atoms with Gasteiger partial charge in [-0.2, -0.15) is 0 Å². The fraction of sp³-hybridized carbons (Fsp3) is 0.300. The van der Waals surface area contributed by atoms with E-state index in [1.54, 1.807) is 4.68 Å². The second-order valence-corrected chi connectivity index (χ2v) is 8.04. The Morgan fingerprint density at radius 3 is 2.67 bits per heavy atom. The van der Waals surface area contributed by atoms with Crippen molar-refractivity contribution in [3.63, 3.8) is 0 Å². The number of ether oxygens (including phenoxy) is 1. The van der Waals surface area contributed by atoms with Crippen molar-refractivity contribution in [3.05, 3.63) is 75.5 Å². The molecule has 1 aromatic heterocycles. The van der Waals surface area contributed by atoms with E-state index in [1.807, 2.05) is 36.5 Å². The summed E-state index contributed by atoms with van der Waals surface area (Å²) in [4.78, 5) is 0. The summed E-state index contributed by atoms with van der Waals surface area (Å²) in [5, 5.41) is 13.0. The van der Waals surface area contributed by atoms with E-state index in [9.17, 15) is 0 Å². The number of halogens is 2. The minimum absolute atomic E-state index is 0.119. The average molecular weight is 448 g/mol. The fourth-order valence-corrected chi connectivity index (χ4v) is 3.96. The van der Waals surface area contributed by atoms with E-state index in [0.717, 1.165) is 41.9 Å². The quantitative estimate of drug-likeness (QED) is 0.626. The van der Waals surface area contributed by atoms with E-state index in [4.69, 9.17) is 16.3 Å². The topological polar surface area (TPSA) is 52.0 Å². The first-order valence-corrected chi connectivity index (χ1v) is 10.1. The normalized spacial score (nSPS) is 16.4. The van der Waals surface area contributed by atoms with Crippen molar-refractivity contribution >= 4 is 27.5 Å². The monoisotopic (exact) mass is 446 g/mol. The van der Waals surface area contributed by atoms with Crippen molar-refractivity contribution in [3.8, 4) is 5.69 Å². The molecule has 0 spiro atoms. The smallest absolute Gasteiger partial charge is 0.0969 e. The number of nitrogens with one attached hydrogen (secondary N) is 1. The lowest BCUT2D eigenvalue weighted by Crippen LogP contribution is -2.46. The molecule has 140 valence electrons. The van der Waals surface area contributed by atoms with Crippen LogP contribution in [0.3, 0.4) is 0 Å². The molecule has 0 bridgehead atoms. The molecule has 0 radical (unpaired) electrons. The van der Waals surface area contributed by atoms with Crippen LogP contribution in [0.25, 0.3) is 5.69 Å². The number of aromatic nitrogens is 3. The van der Waals surface area contributed by atoms with Gasteiger partial charge in [-0.05, 0) is 54.8 Å². The SMILES string of the molecule is Clc1ccc(-n2cc(CNC3(c4cccc(Br)c4)CCOCC3)nn2)cc1. The minimum Gasteiger partial charge on any atom is -0.381 e. The molecule has 5 nitrogen and oxygen atoms in total. The Morgan fingerprint density at radius 1 is 1.15 bits per heavy atom. The molecule has 0 aliphatic carbocycles. The number of nitrogens with zero attached hydrogens (tertiary/aromatic N) is 3. The van der Waals surface area contributed by atoms with Crippen LogP contribution in [0.15, 0.2) is 59.2 Å². The lowest BCUT2D eigenvalue weighted by atomic mass is 9.82. The molecular formula is C20H20BrClN4O. The standard InChI is InChI=1S/C20H20BrClN4O/c21-16-3-1-2-15(12-16)20(8-10-27-11-9-20)23-13-18-14-26(25-24-18)19-6-4-17(22)5-7-19/h1-7,12,14,23H,8-11,13H2. The maximum absolute atomic E-state index is 5.96. The summed E-state index contributed by atoms with van der Waals surface area (Å²) in [7, 11) is 0. The zero-order valence-corrected chi connectivity index (χ0v) is 17.1. The Bertz CT molecular complexity index is 906. The minimum atomic E-state index is -0.119. The maximum Gasteiger partial charge on any atom is 0.0969 e. The van der Waals surface area contributed by atoms with Gasteiger partial charge in [-0.1, -0.05) is 44.9 Å². The van der Waals surface area contributed by atoms with Gasteiger partial charge in [-0.15, -0.1) is 5.10 Å². The molecule has 1 fully saturated rings. The highest BCUT2D eigenvalue weighted by molar-refractivity contribution is 9.10.